The van der Waals surface area contributed by atoms with E-state index in [9.17, 15) is 20.6 Å². The standard InChI is InChI=1S/C24H20N4O2/c1-16(2)21-23(13-25,14-26)24(15-27,22(28)30-21)19(17-9-5-3-6-10-17)20(29)18-11-7-4-8-12-18/h3-12,16,19,21,28H,1-2H3. The normalized spacial score (nSPS) is 22.9. The van der Waals surface area contributed by atoms with E-state index in [1.165, 1.54) is 0 Å². The van der Waals surface area contributed by atoms with Gasteiger partial charge in [0.15, 0.2) is 11.2 Å². The predicted molar refractivity (Wildman–Crippen MR) is 109 cm³/mol. The molecule has 1 fully saturated rings. The third-order valence-electron chi connectivity index (χ3n) is 5.67. The van der Waals surface area contributed by atoms with E-state index in [4.69, 9.17) is 10.1 Å². The molecule has 3 unspecified atom stereocenters. The first-order valence-electron chi connectivity index (χ1n) is 9.53. The maximum Gasteiger partial charge on any atom is 0.208 e. The topological polar surface area (TPSA) is 122 Å². The first-order chi connectivity index (χ1) is 14.4. The van der Waals surface area contributed by atoms with E-state index in [1.54, 1.807) is 74.5 Å². The van der Waals surface area contributed by atoms with Crippen molar-refractivity contribution in [2.24, 2.45) is 16.7 Å². The smallest absolute Gasteiger partial charge is 0.208 e. The highest BCUT2D eigenvalue weighted by Crippen LogP contribution is 2.59. The summed E-state index contributed by atoms with van der Waals surface area (Å²) in [5, 5.41) is 39.3. The summed E-state index contributed by atoms with van der Waals surface area (Å²) in [6.07, 6.45) is -1.02. The number of rotatable bonds is 5. The first kappa shape index (κ1) is 20.8. The van der Waals surface area contributed by atoms with Crippen LogP contribution in [0.15, 0.2) is 60.7 Å². The summed E-state index contributed by atoms with van der Waals surface area (Å²) in [4.78, 5) is 13.7. The summed E-state index contributed by atoms with van der Waals surface area (Å²) >= 11 is 0. The molecule has 0 bridgehead atoms. The average Bonchev–Trinajstić information content (AvgIpc) is 3.04. The number of nitriles is 3. The van der Waals surface area contributed by atoms with Crippen molar-refractivity contribution in [3.05, 3.63) is 71.8 Å². The van der Waals surface area contributed by atoms with Gasteiger partial charge in [0.05, 0.1) is 24.1 Å². The van der Waals surface area contributed by atoms with Crippen LogP contribution in [0.5, 0.6) is 0 Å². The molecule has 30 heavy (non-hydrogen) atoms. The minimum Gasteiger partial charge on any atom is -0.473 e. The van der Waals surface area contributed by atoms with E-state index >= 15 is 0 Å². The van der Waals surface area contributed by atoms with Crippen LogP contribution in [-0.2, 0) is 4.74 Å². The zero-order chi connectivity index (χ0) is 21.9. The van der Waals surface area contributed by atoms with Gasteiger partial charge in [-0.3, -0.25) is 10.2 Å². The molecule has 1 aliphatic heterocycles. The van der Waals surface area contributed by atoms with Crippen molar-refractivity contribution >= 4 is 11.7 Å². The lowest BCUT2D eigenvalue weighted by Crippen LogP contribution is -2.50. The van der Waals surface area contributed by atoms with Crippen molar-refractivity contribution in [1.82, 2.24) is 0 Å². The molecule has 1 saturated heterocycles. The van der Waals surface area contributed by atoms with Crippen LogP contribution >= 0.6 is 0 Å². The van der Waals surface area contributed by atoms with Crippen LogP contribution < -0.4 is 0 Å². The summed E-state index contributed by atoms with van der Waals surface area (Å²) < 4.78 is 5.68. The zero-order valence-electron chi connectivity index (χ0n) is 16.7. The van der Waals surface area contributed by atoms with Crippen LogP contribution in [0.25, 0.3) is 0 Å². The fraction of sp³-hybridized carbons (Fsp3) is 0.292. The number of benzene rings is 2. The molecule has 2 aromatic rings. The number of nitrogens with zero attached hydrogens (tertiary/aromatic N) is 3. The van der Waals surface area contributed by atoms with E-state index in [0.717, 1.165) is 0 Å². The molecule has 0 amide bonds. The molecular formula is C24H20N4O2. The summed E-state index contributed by atoms with van der Waals surface area (Å²) in [6, 6.07) is 22.9. The highest BCUT2D eigenvalue weighted by Gasteiger charge is 2.73. The Hall–Kier alpha value is -3.95. The Morgan fingerprint density at radius 1 is 0.967 bits per heavy atom. The molecule has 6 nitrogen and oxygen atoms in total. The van der Waals surface area contributed by atoms with E-state index < -0.39 is 34.5 Å². The lowest BCUT2D eigenvalue weighted by molar-refractivity contribution is 0.0795. The SMILES string of the molecule is CC(C)C1OC(=N)C(C#N)(C(C(=O)c2ccccc2)c2ccccc2)C1(C#N)C#N. The minimum absolute atomic E-state index is 0.326. The minimum atomic E-state index is -2.10. The molecular weight excluding hydrogens is 376 g/mol. The Kier molecular flexibility index (Phi) is 5.41. The second kappa shape index (κ2) is 7.82. The number of Topliss-reactive ketones (excluding diaryl/α,β-unsaturated/α-hetero) is 1. The predicted octanol–water partition coefficient (Wildman–Crippen LogP) is 4.23. The quantitative estimate of drug-likeness (QED) is 0.758. The maximum atomic E-state index is 13.7. The van der Waals surface area contributed by atoms with Gasteiger partial charge in [-0.2, -0.15) is 15.8 Å². The third-order valence-corrected chi connectivity index (χ3v) is 5.67. The van der Waals surface area contributed by atoms with Crippen molar-refractivity contribution in [2.75, 3.05) is 0 Å². The zero-order valence-corrected chi connectivity index (χ0v) is 16.7. The number of carbonyl (C=O) groups excluding carboxylic acids is 1. The van der Waals surface area contributed by atoms with Crippen LogP contribution in [0.1, 0.15) is 35.7 Å². The van der Waals surface area contributed by atoms with Crippen LogP contribution in [0.2, 0.25) is 0 Å². The van der Waals surface area contributed by atoms with Gasteiger partial charge in [-0.05, 0) is 11.5 Å². The lowest BCUT2D eigenvalue weighted by atomic mass is 9.54. The second-order valence-corrected chi connectivity index (χ2v) is 7.64. The van der Waals surface area contributed by atoms with Crippen molar-refractivity contribution in [2.45, 2.75) is 25.9 Å². The first-order valence-corrected chi connectivity index (χ1v) is 9.53. The molecule has 3 atom stereocenters. The Balaban J connectivity index is 2.37. The lowest BCUT2D eigenvalue weighted by Gasteiger charge is -2.36. The van der Waals surface area contributed by atoms with Crippen LogP contribution in [-0.4, -0.2) is 17.8 Å². The van der Waals surface area contributed by atoms with Crippen molar-refractivity contribution in [1.29, 1.82) is 21.2 Å². The van der Waals surface area contributed by atoms with Gasteiger partial charge in [-0.25, -0.2) is 0 Å². The molecule has 6 heteroatoms. The van der Waals surface area contributed by atoms with Crippen LogP contribution in [0.4, 0.5) is 0 Å². The number of nitrogens with one attached hydrogen (secondary N) is 1. The highest BCUT2D eigenvalue weighted by molar-refractivity contribution is 6.07. The fourth-order valence-electron chi connectivity index (χ4n) is 4.25. The van der Waals surface area contributed by atoms with Crippen LogP contribution in [0.3, 0.4) is 0 Å². The van der Waals surface area contributed by atoms with Gasteiger partial charge < -0.3 is 4.74 Å². The van der Waals surface area contributed by atoms with Crippen LogP contribution in [0, 0.1) is 56.2 Å². The number of hydrogen-bond acceptors (Lipinski definition) is 6. The fourth-order valence-corrected chi connectivity index (χ4v) is 4.25. The molecule has 1 N–H and O–H groups in total. The Morgan fingerprint density at radius 3 is 1.97 bits per heavy atom. The largest absolute Gasteiger partial charge is 0.473 e. The molecule has 3 rings (SSSR count). The molecule has 0 radical (unpaired) electrons. The van der Waals surface area contributed by atoms with Gasteiger partial charge in [0.1, 0.15) is 6.10 Å². The second-order valence-electron chi connectivity index (χ2n) is 7.64. The summed E-state index contributed by atoms with van der Waals surface area (Å²) in [5.74, 6) is -2.56. The Labute approximate surface area is 175 Å². The Bertz CT molecular complexity index is 1080. The van der Waals surface area contributed by atoms with Crippen molar-refractivity contribution in [3.8, 4) is 18.2 Å². The monoisotopic (exact) mass is 396 g/mol. The number of ether oxygens (including phenoxy) is 1. The van der Waals surface area contributed by atoms with Gasteiger partial charge in [-0.1, -0.05) is 74.5 Å². The summed E-state index contributed by atoms with van der Waals surface area (Å²) in [6.45, 7) is 3.51. The molecule has 1 aliphatic rings. The molecule has 0 aromatic heterocycles. The molecule has 1 heterocycles. The number of carbonyl (C=O) groups is 1. The van der Waals surface area contributed by atoms with Gasteiger partial charge in [0.25, 0.3) is 0 Å². The molecule has 148 valence electrons. The van der Waals surface area contributed by atoms with Gasteiger partial charge in [0.2, 0.25) is 11.3 Å². The molecule has 0 spiro atoms. The van der Waals surface area contributed by atoms with E-state index in [2.05, 4.69) is 0 Å². The molecule has 0 saturated carbocycles. The third kappa shape index (κ3) is 2.76. The molecule has 2 aromatic carbocycles. The van der Waals surface area contributed by atoms with Crippen molar-refractivity contribution in [3.63, 3.8) is 0 Å². The summed E-state index contributed by atoms with van der Waals surface area (Å²) in [7, 11) is 0. The van der Waals surface area contributed by atoms with Gasteiger partial charge in [0, 0.05) is 5.56 Å². The van der Waals surface area contributed by atoms with Gasteiger partial charge in [-0.15, -0.1) is 0 Å². The highest BCUT2D eigenvalue weighted by atomic mass is 16.5. The summed E-state index contributed by atoms with van der Waals surface area (Å²) in [5.41, 5.74) is -3.36. The molecule has 0 aliphatic carbocycles. The maximum absolute atomic E-state index is 13.7. The number of ketones is 1. The Morgan fingerprint density at radius 2 is 1.50 bits per heavy atom. The van der Waals surface area contributed by atoms with Gasteiger partial charge >= 0.3 is 0 Å². The van der Waals surface area contributed by atoms with E-state index in [-0.39, 0.29) is 5.92 Å². The number of hydrogen-bond donors (Lipinski definition) is 1. The van der Waals surface area contributed by atoms with E-state index in [1.807, 2.05) is 18.2 Å². The van der Waals surface area contributed by atoms with E-state index in [0.29, 0.717) is 11.1 Å². The average molecular weight is 396 g/mol. The van der Waals surface area contributed by atoms with Crippen molar-refractivity contribution < 1.29 is 9.53 Å².